The van der Waals surface area contributed by atoms with Gasteiger partial charge in [0.05, 0.1) is 38.9 Å². The van der Waals surface area contributed by atoms with Crippen molar-refractivity contribution >= 4 is 23.4 Å². The van der Waals surface area contributed by atoms with Gasteiger partial charge in [-0.1, -0.05) is 60.7 Å². The van der Waals surface area contributed by atoms with Gasteiger partial charge in [0.2, 0.25) is 17.7 Å². The van der Waals surface area contributed by atoms with Crippen LogP contribution in [0.4, 0.5) is 5.69 Å². The van der Waals surface area contributed by atoms with Crippen LogP contribution >= 0.6 is 0 Å². The lowest BCUT2D eigenvalue weighted by atomic mass is 9.96. The van der Waals surface area contributed by atoms with E-state index in [1.807, 2.05) is 12.1 Å². The normalized spacial score (nSPS) is 17.8. The molecular formula is C33H39N5O5. The second kappa shape index (κ2) is 14.2. The highest BCUT2D eigenvalue weighted by Gasteiger charge is 2.36. The lowest BCUT2D eigenvalue weighted by molar-refractivity contribution is -0.145. The molecule has 0 bridgehead atoms. The van der Waals surface area contributed by atoms with Gasteiger partial charge in [0.25, 0.3) is 0 Å². The Morgan fingerprint density at radius 2 is 1.53 bits per heavy atom. The molecule has 2 N–H and O–H groups in total. The summed E-state index contributed by atoms with van der Waals surface area (Å²) in [4.78, 5) is 45.6. The second-order valence-corrected chi connectivity index (χ2v) is 10.7. The third kappa shape index (κ3) is 7.33. The van der Waals surface area contributed by atoms with Crippen LogP contribution in [0, 0.1) is 0 Å². The number of hydrogen-bond donors (Lipinski definition) is 2. The zero-order chi connectivity index (χ0) is 30.2. The number of hydrogen-bond acceptors (Lipinski definition) is 7. The van der Waals surface area contributed by atoms with Crippen LogP contribution in [0.2, 0.25) is 0 Å². The molecule has 3 amide bonds. The molecule has 2 saturated heterocycles. The van der Waals surface area contributed by atoms with Crippen molar-refractivity contribution in [3.8, 4) is 11.5 Å². The molecule has 2 fully saturated rings. The van der Waals surface area contributed by atoms with Crippen molar-refractivity contribution in [1.82, 2.24) is 20.0 Å². The van der Waals surface area contributed by atoms with E-state index in [9.17, 15) is 14.4 Å². The molecule has 226 valence electrons. The van der Waals surface area contributed by atoms with Crippen LogP contribution in [-0.2, 0) is 14.4 Å². The first-order valence-electron chi connectivity index (χ1n) is 14.6. The molecule has 0 radical (unpaired) electrons. The van der Waals surface area contributed by atoms with Gasteiger partial charge in [0, 0.05) is 45.3 Å². The number of anilines is 1. The Morgan fingerprint density at radius 1 is 0.884 bits per heavy atom. The van der Waals surface area contributed by atoms with Crippen LogP contribution in [0.1, 0.15) is 23.6 Å². The van der Waals surface area contributed by atoms with Gasteiger partial charge in [-0.25, -0.2) is 0 Å². The zero-order valence-corrected chi connectivity index (χ0v) is 24.7. The van der Waals surface area contributed by atoms with Crippen molar-refractivity contribution in [3.63, 3.8) is 0 Å². The Labute approximate surface area is 252 Å². The maximum Gasteiger partial charge on any atom is 0.243 e. The van der Waals surface area contributed by atoms with Crippen molar-refractivity contribution < 1.29 is 23.9 Å². The second-order valence-electron chi connectivity index (χ2n) is 10.7. The van der Waals surface area contributed by atoms with Crippen LogP contribution in [-0.4, -0.2) is 98.5 Å². The minimum absolute atomic E-state index is 0.136. The first-order chi connectivity index (χ1) is 21.0. The van der Waals surface area contributed by atoms with Crippen LogP contribution < -0.4 is 20.1 Å². The number of methoxy groups -OCH3 is 2. The summed E-state index contributed by atoms with van der Waals surface area (Å²) < 4.78 is 10.6. The number of amides is 3. The molecule has 0 saturated carbocycles. The molecule has 43 heavy (non-hydrogen) atoms. The summed E-state index contributed by atoms with van der Waals surface area (Å²) in [7, 11) is 3.05. The van der Waals surface area contributed by atoms with Gasteiger partial charge < -0.3 is 25.0 Å². The molecular weight excluding hydrogens is 546 g/mol. The third-order valence-corrected chi connectivity index (χ3v) is 8.07. The molecule has 0 spiro atoms. The van der Waals surface area contributed by atoms with Gasteiger partial charge in [-0.2, -0.15) is 0 Å². The Bertz CT molecular complexity index is 1360. The molecule has 10 heteroatoms. The highest BCUT2D eigenvalue weighted by atomic mass is 16.5. The minimum Gasteiger partial charge on any atom is -0.497 e. The van der Waals surface area contributed by atoms with Crippen LogP contribution in [0.5, 0.6) is 11.5 Å². The first kappa shape index (κ1) is 30.1. The van der Waals surface area contributed by atoms with E-state index in [1.165, 1.54) is 25.3 Å². The van der Waals surface area contributed by atoms with Crippen LogP contribution in [0.3, 0.4) is 0 Å². The fraction of sp³-hybridized carbons (Fsp3) is 0.364. The predicted molar refractivity (Wildman–Crippen MR) is 164 cm³/mol. The fourth-order valence-electron chi connectivity index (χ4n) is 5.85. The predicted octanol–water partition coefficient (Wildman–Crippen LogP) is 2.77. The Kier molecular flexibility index (Phi) is 9.91. The molecule has 2 aliphatic rings. The molecule has 2 aliphatic heterocycles. The van der Waals surface area contributed by atoms with E-state index in [0.717, 1.165) is 26.2 Å². The number of carbonyl (C=O) groups is 3. The zero-order valence-electron chi connectivity index (χ0n) is 24.7. The number of rotatable bonds is 10. The molecule has 3 aromatic carbocycles. The largest absolute Gasteiger partial charge is 0.497 e. The number of benzene rings is 3. The summed E-state index contributed by atoms with van der Waals surface area (Å²) in [5, 5.41) is 5.61. The maximum absolute atomic E-state index is 13.5. The van der Waals surface area contributed by atoms with E-state index in [1.54, 1.807) is 23.1 Å². The Balaban J connectivity index is 1.21. The lowest BCUT2D eigenvalue weighted by Gasteiger charge is -2.41. The molecule has 3 aromatic rings. The standard InChI is InChI=1S/C33H39N5O5/c1-42-26-13-14-29(43-2)27(21-26)35-30(39)22-28-33(41)34-15-16-38(28)31(40)23-36-17-19-37(20-18-36)32(24-9-5-3-6-10-24)25-11-7-4-8-12-25/h3-14,21,28,32H,15-20,22-23H2,1-2H3,(H,34,41)(H,35,39). The number of ether oxygens (including phenoxy) is 2. The smallest absolute Gasteiger partial charge is 0.243 e. The maximum atomic E-state index is 13.5. The topological polar surface area (TPSA) is 103 Å². The number of carbonyl (C=O) groups excluding carboxylic acids is 3. The van der Waals surface area contributed by atoms with Crippen molar-refractivity contribution in [2.45, 2.75) is 18.5 Å². The summed E-state index contributed by atoms with van der Waals surface area (Å²) in [6.07, 6.45) is -0.165. The molecule has 0 aromatic heterocycles. The van der Waals surface area contributed by atoms with Crippen LogP contribution in [0.25, 0.3) is 0 Å². The summed E-state index contributed by atoms with van der Waals surface area (Å²) in [6, 6.07) is 25.3. The fourth-order valence-corrected chi connectivity index (χ4v) is 5.85. The highest BCUT2D eigenvalue weighted by Crippen LogP contribution is 2.30. The first-order valence-corrected chi connectivity index (χ1v) is 14.6. The Morgan fingerprint density at radius 3 is 2.14 bits per heavy atom. The number of nitrogens with one attached hydrogen (secondary N) is 2. The van der Waals surface area contributed by atoms with Gasteiger partial charge >= 0.3 is 0 Å². The van der Waals surface area contributed by atoms with Crippen LogP contribution in [0.15, 0.2) is 78.9 Å². The number of nitrogens with zero attached hydrogens (tertiary/aromatic N) is 3. The van der Waals surface area contributed by atoms with Crippen molar-refractivity contribution in [1.29, 1.82) is 0 Å². The van der Waals surface area contributed by atoms with E-state index in [0.29, 0.717) is 30.3 Å². The van der Waals surface area contributed by atoms with Crippen molar-refractivity contribution in [3.05, 3.63) is 90.0 Å². The van der Waals surface area contributed by atoms with E-state index >= 15 is 0 Å². The molecule has 1 atom stereocenters. The molecule has 1 unspecified atom stereocenters. The molecule has 5 rings (SSSR count). The van der Waals surface area contributed by atoms with Gasteiger partial charge in [-0.05, 0) is 23.3 Å². The third-order valence-electron chi connectivity index (χ3n) is 8.07. The minimum atomic E-state index is -0.889. The lowest BCUT2D eigenvalue weighted by Crippen LogP contribution is -2.60. The quantitative estimate of drug-likeness (QED) is 0.377. The van der Waals surface area contributed by atoms with Gasteiger partial charge in [-0.3, -0.25) is 24.2 Å². The monoisotopic (exact) mass is 585 g/mol. The average molecular weight is 586 g/mol. The number of piperazine rings is 2. The SMILES string of the molecule is COc1ccc(OC)c(NC(=O)CC2C(=O)NCCN2C(=O)CN2CCN(C(c3ccccc3)c3ccccc3)CC2)c1. The van der Waals surface area contributed by atoms with Gasteiger partial charge in [0.1, 0.15) is 17.5 Å². The van der Waals surface area contributed by atoms with Gasteiger partial charge in [-0.15, -0.1) is 0 Å². The summed E-state index contributed by atoms with van der Waals surface area (Å²) in [5.41, 5.74) is 2.92. The summed E-state index contributed by atoms with van der Waals surface area (Å²) in [5.74, 6) is 0.153. The van der Waals surface area contributed by atoms with E-state index in [2.05, 4.69) is 69.0 Å². The van der Waals surface area contributed by atoms with Crippen molar-refractivity contribution in [2.75, 3.05) is 65.3 Å². The summed E-state index contributed by atoms with van der Waals surface area (Å²) >= 11 is 0. The van der Waals surface area contributed by atoms with Gasteiger partial charge in [0.15, 0.2) is 0 Å². The molecule has 2 heterocycles. The molecule has 10 nitrogen and oxygen atoms in total. The van der Waals surface area contributed by atoms with E-state index in [4.69, 9.17) is 9.47 Å². The van der Waals surface area contributed by atoms with Crippen molar-refractivity contribution in [2.24, 2.45) is 0 Å². The highest BCUT2D eigenvalue weighted by molar-refractivity contribution is 5.98. The average Bonchev–Trinajstić information content (AvgIpc) is 3.04. The Hall–Kier alpha value is -4.41. The van der Waals surface area contributed by atoms with E-state index < -0.39 is 11.9 Å². The summed E-state index contributed by atoms with van der Waals surface area (Å²) in [6.45, 7) is 3.97. The van der Waals surface area contributed by atoms with E-state index in [-0.39, 0.29) is 30.8 Å². The molecule has 0 aliphatic carbocycles.